The smallest absolute Gasteiger partial charge is 0.303 e. The fourth-order valence-electron chi connectivity index (χ4n) is 16.1. The first-order chi connectivity index (χ1) is 63.6. The standard InChI is InChI=1S/C88H119N19O26S/c1-7-9-20-65-81(126)96-57(28-31-73(116)117)78(123)102-64(76(121)93-41-70(90)112)44-134-45-71(113)94-60(34-47-23-25-50(109)26-24-47)84(129)103(4)46(3)75(120)99-62(38-69(89)111)87(132)106-33-15-22-66(106)82(127)101-63(43-108)80(125)97-58(29-32-74(118)119)86(131)107-42-51(110)37-68(107)83(128)98-59(35-48-39-91-54-18-13-11-16-52(48)54)79(124)95-56(27-30-72(114)115)77(122)100-61(36-49-40-92-55-19-14-12-17-53(49)55)85(130)105(6)67(21-10-8-2)88(133)104(65)5/h11-14,16-19,23-26,39-40,46,51,56-68,91-92,108-110H,7-10,15,20-22,27-38,41-45H2,1-6H3,(H2,89,111)(H2,90,112)(H,93,121)(H,94,113)(H,95,124)(H,96,126)(H,97,125)(H,98,128)(H,99,120)(H,100,122)(H,101,127)(H,102,123)(H,114,115)(H,116,117)(H,118,119)/t46-,51+,56-,57-,58-,59-,60-,61-,62-,63-,64-,65-,66-,67-,68-/m0/s1. The topological polar surface area (TPSA) is 683 Å². The lowest BCUT2D eigenvalue weighted by atomic mass is 9.99. The number of aromatic hydroxyl groups is 1. The Bertz CT molecular complexity index is 5130. The molecule has 5 heterocycles. The number of hydrogen-bond acceptors (Lipinski definition) is 24. The Morgan fingerprint density at radius 3 is 1.52 bits per heavy atom. The summed E-state index contributed by atoms with van der Waals surface area (Å²) < 4.78 is 0. The molecule has 3 fully saturated rings. The van der Waals surface area contributed by atoms with Gasteiger partial charge in [-0.25, -0.2) is 0 Å². The van der Waals surface area contributed by atoms with Gasteiger partial charge in [0.2, 0.25) is 100 Å². The molecule has 3 saturated heterocycles. The van der Waals surface area contributed by atoms with Gasteiger partial charge < -0.3 is 130 Å². The van der Waals surface area contributed by atoms with Crippen molar-refractivity contribution in [1.82, 2.24) is 87.6 Å². The zero-order chi connectivity index (χ0) is 98.5. The number of aromatic nitrogens is 2. The first-order valence-electron chi connectivity index (χ1n) is 44.0. The summed E-state index contributed by atoms with van der Waals surface area (Å²) >= 11 is 0.677. The highest BCUT2D eigenvalue weighted by Crippen LogP contribution is 2.28. The second-order valence-corrected chi connectivity index (χ2v) is 34.4. The van der Waals surface area contributed by atoms with E-state index < -0.39 is 298 Å². The van der Waals surface area contributed by atoms with E-state index in [4.69, 9.17) is 11.5 Å². The van der Waals surface area contributed by atoms with Crippen molar-refractivity contribution in [2.45, 2.75) is 233 Å². The molecule has 0 unspecified atom stereocenters. The number of unbranched alkanes of at least 4 members (excludes halogenated alkanes) is 2. The van der Waals surface area contributed by atoms with E-state index in [0.29, 0.717) is 63.1 Å². The van der Waals surface area contributed by atoms with Crippen LogP contribution < -0.4 is 64.6 Å². The highest BCUT2D eigenvalue weighted by Gasteiger charge is 2.47. The fraction of sp³-hybridized carbons (Fsp3) is 0.523. The quantitative estimate of drug-likeness (QED) is 0.0241. The van der Waals surface area contributed by atoms with Gasteiger partial charge in [0.25, 0.3) is 0 Å². The lowest BCUT2D eigenvalue weighted by molar-refractivity contribution is -0.149. The third-order valence-electron chi connectivity index (χ3n) is 23.6. The van der Waals surface area contributed by atoms with Gasteiger partial charge in [-0.3, -0.25) is 95.9 Å². The maximum Gasteiger partial charge on any atom is 0.303 e. The third kappa shape index (κ3) is 29.6. The van der Waals surface area contributed by atoms with Crippen LogP contribution in [0.2, 0.25) is 0 Å². The number of nitrogens with two attached hydrogens (primary N) is 2. The minimum absolute atomic E-state index is 0.0812. The lowest BCUT2D eigenvalue weighted by Crippen LogP contribution is -2.61. The Morgan fingerprint density at radius 1 is 0.485 bits per heavy atom. The molecule has 3 aliphatic heterocycles. The second kappa shape index (κ2) is 50.2. The zero-order valence-corrected chi connectivity index (χ0v) is 75.9. The van der Waals surface area contributed by atoms with Crippen molar-refractivity contribution < 1.29 is 127 Å². The van der Waals surface area contributed by atoms with Crippen LogP contribution in [0.1, 0.15) is 140 Å². The number of carboxylic acids is 3. The van der Waals surface area contributed by atoms with E-state index in [9.17, 15) is 93.0 Å². The molecule has 0 radical (unpaired) electrons. The third-order valence-corrected chi connectivity index (χ3v) is 24.6. The number of aliphatic carboxylic acids is 3. The molecule has 3 aliphatic rings. The van der Waals surface area contributed by atoms with Crippen molar-refractivity contribution in [1.29, 1.82) is 0 Å². The Balaban J connectivity index is 1.21. The number of likely N-dealkylation sites (N-methyl/N-ethyl adjacent to an activating group) is 3. The van der Waals surface area contributed by atoms with Crippen molar-refractivity contribution in [3.63, 3.8) is 0 Å². The number of H-pyrrole nitrogens is 2. The summed E-state index contributed by atoms with van der Waals surface area (Å²) in [6.07, 6.45) is -4.49. The number of primary amides is 2. The zero-order valence-electron chi connectivity index (χ0n) is 75.1. The van der Waals surface area contributed by atoms with E-state index in [0.717, 1.165) is 31.5 Å². The lowest BCUT2D eigenvalue weighted by Gasteiger charge is -2.36. The number of carbonyl (C=O) groups is 20. The molecule has 8 rings (SSSR count). The summed E-state index contributed by atoms with van der Waals surface area (Å²) in [4.78, 5) is 296. The van der Waals surface area contributed by atoms with Crippen molar-refractivity contribution in [2.75, 3.05) is 58.9 Å². The number of rotatable bonds is 27. The molecule has 134 heavy (non-hydrogen) atoms. The molecule has 17 amide bonds. The fourth-order valence-corrected chi connectivity index (χ4v) is 16.9. The van der Waals surface area contributed by atoms with Crippen LogP contribution in [0.15, 0.2) is 85.2 Å². The molecule has 46 heteroatoms. The first-order valence-corrected chi connectivity index (χ1v) is 45.2. The molecule has 0 aliphatic carbocycles. The molecule has 22 N–H and O–H groups in total. The Morgan fingerprint density at radius 2 is 0.955 bits per heavy atom. The number of phenols is 1. The van der Waals surface area contributed by atoms with Crippen molar-refractivity contribution in [3.05, 3.63) is 102 Å². The molecule has 0 saturated carbocycles. The predicted molar refractivity (Wildman–Crippen MR) is 479 cm³/mol. The van der Waals surface area contributed by atoms with E-state index in [1.165, 1.54) is 51.5 Å². The molecular formula is C88H119N19O26S. The molecule has 15 atom stereocenters. The van der Waals surface area contributed by atoms with E-state index in [1.54, 1.807) is 68.6 Å². The number of amides is 17. The van der Waals surface area contributed by atoms with E-state index in [2.05, 4.69) is 63.1 Å². The molecule has 45 nitrogen and oxygen atoms in total. The summed E-state index contributed by atoms with van der Waals surface area (Å²) in [5, 5.41) is 88.4. The summed E-state index contributed by atoms with van der Waals surface area (Å²) in [5.41, 5.74) is 13.3. The number of aromatic amines is 2. The minimum atomic E-state index is -2.00. The number of carboxylic acid groups (broad SMARTS) is 3. The Hall–Kier alpha value is -13.8. The summed E-state index contributed by atoms with van der Waals surface area (Å²) in [5.74, 6) is -24.2. The molecular weight excluding hydrogens is 1770 g/mol. The number of aliphatic hydroxyl groups is 2. The molecule has 3 aromatic carbocycles. The molecule has 0 spiro atoms. The van der Waals surface area contributed by atoms with Gasteiger partial charge in [-0.1, -0.05) is 88.1 Å². The monoisotopic (exact) mass is 1890 g/mol. The van der Waals surface area contributed by atoms with Gasteiger partial charge in [-0.15, -0.1) is 11.8 Å². The second-order valence-electron chi connectivity index (χ2n) is 33.4. The van der Waals surface area contributed by atoms with Crippen LogP contribution >= 0.6 is 11.8 Å². The average molecular weight is 1890 g/mol. The number of phenolic OH excluding ortho intramolecular Hbond substituents is 1. The van der Waals surface area contributed by atoms with Crippen LogP contribution in [0, 0.1) is 0 Å². The molecule has 2 aromatic heterocycles. The molecule has 5 aromatic rings. The number of fused-ring (bicyclic) bond motifs is 4. The van der Waals surface area contributed by atoms with Gasteiger partial charge in [-0.05, 0) is 92.8 Å². The van der Waals surface area contributed by atoms with Crippen molar-refractivity contribution in [3.8, 4) is 5.75 Å². The summed E-state index contributed by atoms with van der Waals surface area (Å²) in [6.45, 7) is 1.87. The van der Waals surface area contributed by atoms with Crippen molar-refractivity contribution >= 4 is 152 Å². The number of thioether (sulfide) groups is 1. The number of nitrogens with one attached hydrogen (secondary N) is 12. The molecule has 728 valence electrons. The number of nitrogens with zero attached hydrogens (tertiary/aromatic N) is 5. The van der Waals surface area contributed by atoms with Crippen LogP contribution in [-0.4, -0.2) is 333 Å². The summed E-state index contributed by atoms with van der Waals surface area (Å²) in [6, 6.07) is -5.21. The number of para-hydroxylation sites is 2. The number of carbonyl (C=O) groups excluding carboxylic acids is 17. The number of aliphatic hydroxyl groups excluding tert-OH is 2. The minimum Gasteiger partial charge on any atom is -0.508 e. The Kier molecular flexibility index (Phi) is 39.5. The van der Waals surface area contributed by atoms with Crippen LogP contribution in [-0.2, 0) is 115 Å². The maximum atomic E-state index is 15.8. The van der Waals surface area contributed by atoms with E-state index in [-0.39, 0.29) is 63.7 Å². The predicted octanol–water partition coefficient (Wildman–Crippen LogP) is -3.61. The van der Waals surface area contributed by atoms with Gasteiger partial charge in [0.05, 0.1) is 31.4 Å². The van der Waals surface area contributed by atoms with Gasteiger partial charge in [-0.2, -0.15) is 0 Å². The van der Waals surface area contributed by atoms with Crippen LogP contribution in [0.5, 0.6) is 5.75 Å². The number of benzene rings is 3. The van der Waals surface area contributed by atoms with Gasteiger partial charge in [0.15, 0.2) is 0 Å². The summed E-state index contributed by atoms with van der Waals surface area (Å²) in [7, 11) is 3.67. The average Bonchev–Trinajstić information content (AvgIpc) is 1.55. The highest BCUT2D eigenvalue weighted by molar-refractivity contribution is 8.00. The van der Waals surface area contributed by atoms with Gasteiger partial charge in [0, 0.05) is 119 Å². The Labute approximate surface area is 773 Å². The van der Waals surface area contributed by atoms with Gasteiger partial charge in [0.1, 0.15) is 90.3 Å². The highest BCUT2D eigenvalue weighted by atomic mass is 32.2. The first kappa shape index (κ1) is 106. The van der Waals surface area contributed by atoms with Gasteiger partial charge >= 0.3 is 17.9 Å². The van der Waals surface area contributed by atoms with E-state index >= 15 is 33.6 Å². The number of hydrogen-bond donors (Lipinski definition) is 20. The largest absolute Gasteiger partial charge is 0.508 e. The van der Waals surface area contributed by atoms with E-state index in [1.807, 2.05) is 0 Å². The SMILES string of the molecule is CCCC[C@H]1C(=O)N(C)[C@@H](CCCC)C(=O)N[C@@H](CCC(=O)O)C(=O)N[C@H](C(=O)NCC(N)=O)CSCC(=O)N[C@@H](Cc2ccc(O)cc2)C(=O)N(C)[C@@H](C)C(=O)N[C@@H](CC(N)=O)C(=O)N2CCC[C@H]2C(=O)N[C@@H](CO)C(=O)N[C@@H](CCC(=O)O)C(=O)N2C[C@H](O)C[C@H]2C(=O)N[C@@H](Cc2c[nH]c3ccccc23)C(=O)N[C@@H](CCC(=O)O)C(=O)N[C@@H](Cc2c[nH]c3ccccc23)C(=O)N1C. The van der Waals surface area contributed by atoms with Crippen LogP contribution in [0.25, 0.3) is 21.8 Å². The van der Waals surface area contributed by atoms with Crippen LogP contribution in [0.3, 0.4) is 0 Å². The maximum absolute atomic E-state index is 15.8. The van der Waals surface area contributed by atoms with Crippen LogP contribution in [0.4, 0.5) is 0 Å². The normalized spacial score (nSPS) is 24.8. The molecule has 0 bridgehead atoms. The van der Waals surface area contributed by atoms with Crippen molar-refractivity contribution in [2.24, 2.45) is 11.5 Å².